The summed E-state index contributed by atoms with van der Waals surface area (Å²) in [7, 11) is 1.74. The number of nitrogens with zero attached hydrogens (tertiary/aromatic N) is 7. The highest BCUT2D eigenvalue weighted by Gasteiger charge is 2.39. The lowest BCUT2D eigenvalue weighted by Gasteiger charge is -2.47. The molecule has 11 heteroatoms. The summed E-state index contributed by atoms with van der Waals surface area (Å²) in [5.74, 6) is 3.91. The molecule has 332 valence electrons. The van der Waals surface area contributed by atoms with Crippen molar-refractivity contribution in [2.24, 2.45) is 4.99 Å². The van der Waals surface area contributed by atoms with Gasteiger partial charge in [0.1, 0.15) is 28.4 Å². The van der Waals surface area contributed by atoms with Crippen molar-refractivity contribution in [3.8, 4) is 16.5 Å². The van der Waals surface area contributed by atoms with Gasteiger partial charge in [0.15, 0.2) is 5.82 Å². The van der Waals surface area contributed by atoms with Gasteiger partial charge >= 0.3 is 0 Å². The quantitative estimate of drug-likeness (QED) is 0.133. The van der Waals surface area contributed by atoms with Crippen molar-refractivity contribution < 1.29 is 14.9 Å². The molecule has 3 aliphatic heterocycles. The Bertz CT molecular complexity index is 2690. The van der Waals surface area contributed by atoms with Crippen molar-refractivity contribution in [3.63, 3.8) is 0 Å². The first-order valence-corrected chi connectivity index (χ1v) is 24.0. The number of phenols is 1. The number of aromatic nitrogens is 3. The van der Waals surface area contributed by atoms with Crippen LogP contribution >= 0.6 is 11.3 Å². The Morgan fingerprint density at radius 3 is 2.39 bits per heavy atom. The summed E-state index contributed by atoms with van der Waals surface area (Å²) in [6.07, 6.45) is 4.53. The average molecular weight is 876 g/mol. The minimum absolute atomic E-state index is 0.106. The Morgan fingerprint density at radius 1 is 0.891 bits per heavy atom. The molecule has 0 radical (unpaired) electrons. The van der Waals surface area contributed by atoms with E-state index in [0.717, 1.165) is 112 Å². The average Bonchev–Trinajstić information content (AvgIpc) is 3.79. The maximum Gasteiger partial charge on any atom is 0.162 e. The fourth-order valence-corrected chi connectivity index (χ4v) is 11.9. The molecule has 4 aromatic carbocycles. The van der Waals surface area contributed by atoms with Gasteiger partial charge in [0.05, 0.1) is 18.4 Å². The van der Waals surface area contributed by atoms with Gasteiger partial charge in [-0.3, -0.25) is 14.5 Å². The molecular weight excluding hydrogens is 815 g/mol. The number of phenolic OH excluding ortho intramolecular Hbond substituents is 1. The number of aliphatic hydroxyl groups is 1. The second-order valence-electron chi connectivity index (χ2n) is 18.8. The van der Waals surface area contributed by atoms with Gasteiger partial charge in [-0.2, -0.15) is 0 Å². The first-order chi connectivity index (χ1) is 31.0. The molecule has 0 saturated carbocycles. The zero-order valence-electron chi connectivity index (χ0n) is 38.1. The third kappa shape index (κ3) is 8.00. The van der Waals surface area contributed by atoms with E-state index in [0.29, 0.717) is 17.6 Å². The SMILES string of the molecule is CCN(Cc1ccc(C2CN(CC3(O)CCN(c4ccc(C5=N[C@@H](C)c6nnc(C)n6-c6sc(C)c(C)c65)cc4)CC3)C2)cc1)c1cc(OC)ccc1C1CCc2cc(O)ccc2C1. The summed E-state index contributed by atoms with van der Waals surface area (Å²) in [4.78, 5) is 13.9. The number of aromatic hydroxyl groups is 1. The first kappa shape index (κ1) is 42.5. The summed E-state index contributed by atoms with van der Waals surface area (Å²) in [5, 5.41) is 31.9. The molecule has 2 saturated heterocycles. The molecule has 64 heavy (non-hydrogen) atoms. The maximum atomic E-state index is 11.8. The van der Waals surface area contributed by atoms with E-state index in [1.807, 2.05) is 19.1 Å². The molecule has 4 aliphatic rings. The Labute approximate surface area is 381 Å². The third-order valence-electron chi connectivity index (χ3n) is 14.7. The van der Waals surface area contributed by atoms with Gasteiger partial charge in [-0.05, 0) is 136 Å². The molecular formula is C53H61N7O3S. The van der Waals surface area contributed by atoms with Crippen LogP contribution in [0.4, 0.5) is 11.4 Å². The summed E-state index contributed by atoms with van der Waals surface area (Å²) in [6, 6.07) is 30.5. The number of hydrogen-bond donors (Lipinski definition) is 2. The van der Waals surface area contributed by atoms with E-state index in [9.17, 15) is 10.2 Å². The molecule has 10 rings (SSSR count). The van der Waals surface area contributed by atoms with Gasteiger partial charge in [0.2, 0.25) is 0 Å². The lowest BCUT2D eigenvalue weighted by molar-refractivity contribution is -0.0358. The summed E-state index contributed by atoms with van der Waals surface area (Å²) < 4.78 is 7.91. The predicted molar refractivity (Wildman–Crippen MR) is 259 cm³/mol. The molecule has 5 heterocycles. The van der Waals surface area contributed by atoms with Gasteiger partial charge in [0, 0.05) is 85.2 Å². The smallest absolute Gasteiger partial charge is 0.162 e. The number of benzene rings is 4. The Balaban J connectivity index is 0.737. The number of fused-ring (bicyclic) bond motifs is 4. The molecule has 0 amide bonds. The molecule has 1 aliphatic carbocycles. The molecule has 2 aromatic heterocycles. The molecule has 0 bridgehead atoms. The zero-order chi connectivity index (χ0) is 44.3. The van der Waals surface area contributed by atoms with E-state index >= 15 is 0 Å². The van der Waals surface area contributed by atoms with Crippen LogP contribution < -0.4 is 14.5 Å². The van der Waals surface area contributed by atoms with Crippen LogP contribution in [0.5, 0.6) is 11.5 Å². The highest BCUT2D eigenvalue weighted by Crippen LogP contribution is 2.42. The van der Waals surface area contributed by atoms with Crippen LogP contribution in [-0.2, 0) is 19.4 Å². The van der Waals surface area contributed by atoms with Crippen LogP contribution in [0, 0.1) is 20.8 Å². The van der Waals surface area contributed by atoms with Gasteiger partial charge in [0.25, 0.3) is 0 Å². The Hall–Kier alpha value is -5.49. The number of piperidine rings is 1. The lowest BCUT2D eigenvalue weighted by Crippen LogP contribution is -2.56. The topological polar surface area (TPSA) is 102 Å². The lowest BCUT2D eigenvalue weighted by atomic mass is 9.79. The third-order valence-corrected chi connectivity index (χ3v) is 15.9. The summed E-state index contributed by atoms with van der Waals surface area (Å²) in [5.41, 5.74) is 13.0. The van der Waals surface area contributed by atoms with E-state index in [4.69, 9.17) is 9.73 Å². The molecule has 2 fully saturated rings. The zero-order valence-corrected chi connectivity index (χ0v) is 39.0. The van der Waals surface area contributed by atoms with Crippen molar-refractivity contribution in [1.82, 2.24) is 19.7 Å². The molecule has 2 N–H and O–H groups in total. The van der Waals surface area contributed by atoms with E-state index < -0.39 is 5.60 Å². The molecule has 6 aromatic rings. The van der Waals surface area contributed by atoms with Crippen molar-refractivity contribution >= 4 is 28.4 Å². The molecule has 1 unspecified atom stereocenters. The summed E-state index contributed by atoms with van der Waals surface area (Å²) in [6.45, 7) is 16.8. The van der Waals surface area contributed by atoms with E-state index in [2.05, 4.69) is 130 Å². The Kier molecular flexibility index (Phi) is 11.4. The van der Waals surface area contributed by atoms with Crippen molar-refractivity contribution in [2.45, 2.75) is 96.7 Å². The Morgan fingerprint density at radius 2 is 1.66 bits per heavy atom. The van der Waals surface area contributed by atoms with Crippen LogP contribution in [0.2, 0.25) is 0 Å². The number of β-amino-alcohol motifs (C(OH)–C–C–N with tert-alkyl or cyclic N) is 1. The molecule has 0 spiro atoms. The first-order valence-electron chi connectivity index (χ1n) is 23.2. The highest BCUT2D eigenvalue weighted by molar-refractivity contribution is 7.15. The van der Waals surface area contributed by atoms with Gasteiger partial charge < -0.3 is 24.7 Å². The highest BCUT2D eigenvalue weighted by atomic mass is 32.1. The van der Waals surface area contributed by atoms with Crippen LogP contribution in [0.1, 0.15) is 112 Å². The van der Waals surface area contributed by atoms with Crippen molar-refractivity contribution in [2.75, 3.05) is 56.2 Å². The standard InChI is InChI=1S/C53H61N7O3S/c1-7-58(48-28-46(63-6)20-21-47(48)42-13-12-41-27-45(61)19-16-40(41)26-42)29-37-8-10-38(11-9-37)43-30-57(31-43)32-53(62)22-24-59(25-23-53)44-17-14-39(15-18-44)50-49-33(2)35(4)64-52(49)60-36(5)55-56-51(60)34(3)54-50/h8-11,14-21,27-28,34,42-43,61-62H,7,12-13,22-26,29-32H2,1-6H3/t34-,42?/m0/s1. The number of likely N-dealkylation sites (tertiary alicyclic amines) is 1. The summed E-state index contributed by atoms with van der Waals surface area (Å²) >= 11 is 1.79. The normalized spacial score (nSPS) is 19.5. The van der Waals surface area contributed by atoms with Gasteiger partial charge in [-0.15, -0.1) is 21.5 Å². The van der Waals surface area contributed by atoms with Crippen molar-refractivity contribution in [3.05, 3.63) is 146 Å². The van der Waals surface area contributed by atoms with Crippen LogP contribution in [0.25, 0.3) is 5.00 Å². The van der Waals surface area contributed by atoms with Crippen LogP contribution in [0.3, 0.4) is 0 Å². The van der Waals surface area contributed by atoms with E-state index in [1.165, 1.54) is 55.2 Å². The number of aliphatic imine (C=N–C) groups is 1. The van der Waals surface area contributed by atoms with Gasteiger partial charge in [-0.25, -0.2) is 0 Å². The van der Waals surface area contributed by atoms with Gasteiger partial charge in [-0.1, -0.05) is 48.5 Å². The second-order valence-corrected chi connectivity index (χ2v) is 20.0. The molecule has 10 nitrogen and oxygen atoms in total. The number of methoxy groups -OCH3 is 1. The largest absolute Gasteiger partial charge is 0.508 e. The number of ether oxygens (including phenoxy) is 1. The maximum absolute atomic E-state index is 11.8. The van der Waals surface area contributed by atoms with Crippen LogP contribution in [-0.4, -0.2) is 87.6 Å². The molecule has 2 atom stereocenters. The minimum atomic E-state index is -0.675. The fraction of sp³-hybridized carbons (Fsp3) is 0.415. The van der Waals surface area contributed by atoms with Crippen LogP contribution in [0.15, 0.2) is 89.9 Å². The number of anilines is 2. The number of rotatable bonds is 11. The monoisotopic (exact) mass is 875 g/mol. The number of hydrogen-bond acceptors (Lipinski definition) is 10. The van der Waals surface area contributed by atoms with E-state index in [1.54, 1.807) is 18.4 Å². The van der Waals surface area contributed by atoms with E-state index in [-0.39, 0.29) is 6.04 Å². The number of thiophene rings is 1. The predicted octanol–water partition coefficient (Wildman–Crippen LogP) is 9.61. The second kappa shape index (κ2) is 17.1. The van der Waals surface area contributed by atoms with Crippen molar-refractivity contribution in [1.29, 1.82) is 0 Å². The minimum Gasteiger partial charge on any atom is -0.508 e. The number of aryl methyl sites for hydroxylation is 3. The fourth-order valence-electron chi connectivity index (χ4n) is 10.7.